The first kappa shape index (κ1) is 20.4. The van der Waals surface area contributed by atoms with Crippen LogP contribution in [0.5, 0.6) is 5.75 Å². The first-order valence-electron chi connectivity index (χ1n) is 8.96. The van der Waals surface area contributed by atoms with Crippen LogP contribution in [0.4, 0.5) is 0 Å². The molecule has 2 aromatic carbocycles. The van der Waals surface area contributed by atoms with Crippen molar-refractivity contribution >= 4 is 33.4 Å². The first-order valence-corrected chi connectivity index (χ1v) is 10.1. The number of carbonyl (C=O) groups excluding carboxylic acids is 1. The predicted molar refractivity (Wildman–Crippen MR) is 114 cm³/mol. The highest BCUT2D eigenvalue weighted by atomic mass is 79.9. The average molecular weight is 463 g/mol. The second-order valence-electron chi connectivity index (χ2n) is 6.37. The number of aromatic nitrogens is 2. The molecule has 28 heavy (non-hydrogen) atoms. The molecule has 0 aliphatic heterocycles. The van der Waals surface area contributed by atoms with Crippen molar-refractivity contribution in [2.75, 3.05) is 6.54 Å². The predicted octanol–water partition coefficient (Wildman–Crippen LogP) is 5.01. The summed E-state index contributed by atoms with van der Waals surface area (Å²) in [5.41, 5.74) is 2.71. The second kappa shape index (κ2) is 9.75. The summed E-state index contributed by atoms with van der Waals surface area (Å²) in [6.07, 6.45) is 2.61. The topological polar surface area (TPSA) is 56.2 Å². The summed E-state index contributed by atoms with van der Waals surface area (Å²) in [6.45, 7) is 3.78. The fourth-order valence-electron chi connectivity index (χ4n) is 2.67. The van der Waals surface area contributed by atoms with Gasteiger partial charge in [-0.1, -0.05) is 39.7 Å². The van der Waals surface area contributed by atoms with Gasteiger partial charge in [-0.2, -0.15) is 5.10 Å². The lowest BCUT2D eigenvalue weighted by Gasteiger charge is -2.09. The fourth-order valence-corrected chi connectivity index (χ4v) is 3.40. The number of halogens is 2. The van der Waals surface area contributed by atoms with Gasteiger partial charge in [0.1, 0.15) is 12.4 Å². The number of nitrogens with zero attached hydrogens (tertiary/aromatic N) is 2. The van der Waals surface area contributed by atoms with Crippen LogP contribution in [0.15, 0.2) is 59.2 Å². The Morgan fingerprint density at radius 2 is 2.00 bits per heavy atom. The van der Waals surface area contributed by atoms with Gasteiger partial charge < -0.3 is 10.1 Å². The van der Waals surface area contributed by atoms with E-state index in [1.165, 1.54) is 0 Å². The van der Waals surface area contributed by atoms with Crippen molar-refractivity contribution in [3.63, 3.8) is 0 Å². The van der Waals surface area contributed by atoms with Crippen molar-refractivity contribution in [3.05, 3.63) is 81.0 Å². The van der Waals surface area contributed by atoms with Crippen molar-refractivity contribution in [3.8, 4) is 5.75 Å². The lowest BCUT2D eigenvalue weighted by atomic mass is 10.1. The third-order valence-electron chi connectivity index (χ3n) is 4.27. The van der Waals surface area contributed by atoms with Gasteiger partial charge in [0.05, 0.1) is 5.02 Å². The third-order valence-corrected chi connectivity index (χ3v) is 5.05. The molecular formula is C21H21BrClN3O2. The minimum Gasteiger partial charge on any atom is -0.487 e. The quantitative estimate of drug-likeness (QED) is 0.479. The van der Waals surface area contributed by atoms with Gasteiger partial charge in [-0.05, 0) is 55.3 Å². The van der Waals surface area contributed by atoms with Crippen LogP contribution >= 0.6 is 27.5 Å². The zero-order chi connectivity index (χ0) is 19.9. The number of hydrogen-bond acceptors (Lipinski definition) is 3. The highest BCUT2D eigenvalue weighted by molar-refractivity contribution is 9.10. The molecule has 0 aliphatic carbocycles. The maximum absolute atomic E-state index is 12.3. The van der Waals surface area contributed by atoms with Crippen LogP contribution in [0.1, 0.15) is 28.0 Å². The van der Waals surface area contributed by atoms with E-state index < -0.39 is 0 Å². The third kappa shape index (κ3) is 5.59. The van der Waals surface area contributed by atoms with Crippen LogP contribution in [-0.2, 0) is 13.2 Å². The van der Waals surface area contributed by atoms with E-state index in [1.54, 1.807) is 24.4 Å². The molecule has 0 aliphatic rings. The maximum Gasteiger partial charge on any atom is 0.251 e. The molecule has 0 fully saturated rings. The number of amides is 1. The van der Waals surface area contributed by atoms with Crippen LogP contribution in [0.2, 0.25) is 5.02 Å². The van der Waals surface area contributed by atoms with Crippen LogP contribution in [0.25, 0.3) is 0 Å². The summed E-state index contributed by atoms with van der Waals surface area (Å²) in [5, 5.41) is 7.72. The zero-order valence-electron chi connectivity index (χ0n) is 15.5. The van der Waals surface area contributed by atoms with Gasteiger partial charge >= 0.3 is 0 Å². The zero-order valence-corrected chi connectivity index (χ0v) is 17.8. The van der Waals surface area contributed by atoms with Gasteiger partial charge in [0.15, 0.2) is 0 Å². The molecule has 1 heterocycles. The van der Waals surface area contributed by atoms with E-state index >= 15 is 0 Å². The number of rotatable bonds is 8. The smallest absolute Gasteiger partial charge is 0.251 e. The molecule has 0 atom stereocenters. The van der Waals surface area contributed by atoms with Crippen molar-refractivity contribution in [1.82, 2.24) is 15.1 Å². The largest absolute Gasteiger partial charge is 0.487 e. The molecule has 0 unspecified atom stereocenters. The van der Waals surface area contributed by atoms with Crippen LogP contribution in [0.3, 0.4) is 0 Å². The Bertz CT molecular complexity index is 941. The summed E-state index contributed by atoms with van der Waals surface area (Å²) in [7, 11) is 0. The standard InChI is InChI=1S/C21H21BrClN3O2/c1-15-9-11-25-26(15)12-2-10-24-21(27)17-5-3-16(4-6-17)14-28-20-8-7-18(22)13-19(20)23/h3-9,11,13H,2,10,12,14H2,1H3,(H,24,27). The Labute approximate surface area is 177 Å². The highest BCUT2D eigenvalue weighted by Gasteiger charge is 2.07. The van der Waals surface area contributed by atoms with Crippen molar-refractivity contribution in [2.24, 2.45) is 0 Å². The van der Waals surface area contributed by atoms with E-state index in [1.807, 2.05) is 41.9 Å². The Hall–Kier alpha value is -2.31. The molecule has 1 N–H and O–H groups in total. The summed E-state index contributed by atoms with van der Waals surface area (Å²) < 4.78 is 8.57. The van der Waals surface area contributed by atoms with Crippen LogP contribution < -0.4 is 10.1 Å². The molecule has 3 aromatic rings. The maximum atomic E-state index is 12.3. The number of aryl methyl sites for hydroxylation is 2. The summed E-state index contributed by atoms with van der Waals surface area (Å²) in [4.78, 5) is 12.3. The van der Waals surface area contributed by atoms with Gasteiger partial charge in [-0.3, -0.25) is 9.48 Å². The van der Waals surface area contributed by atoms with E-state index in [-0.39, 0.29) is 5.91 Å². The Morgan fingerprint density at radius 1 is 1.21 bits per heavy atom. The molecule has 0 radical (unpaired) electrons. The Kier molecular flexibility index (Phi) is 7.12. The van der Waals surface area contributed by atoms with Gasteiger partial charge in [-0.25, -0.2) is 0 Å². The van der Waals surface area contributed by atoms with Gasteiger partial charge in [0.2, 0.25) is 0 Å². The summed E-state index contributed by atoms with van der Waals surface area (Å²) >= 11 is 9.52. The summed E-state index contributed by atoms with van der Waals surface area (Å²) in [6, 6.07) is 14.8. The number of carbonyl (C=O) groups is 1. The molecular weight excluding hydrogens is 442 g/mol. The van der Waals surface area contributed by atoms with Crippen molar-refractivity contribution in [2.45, 2.75) is 26.5 Å². The molecule has 0 saturated heterocycles. The van der Waals surface area contributed by atoms with Gasteiger partial charge in [0, 0.05) is 35.0 Å². The van der Waals surface area contributed by atoms with E-state index in [0.29, 0.717) is 29.5 Å². The fraction of sp³-hybridized carbons (Fsp3) is 0.238. The minimum atomic E-state index is -0.0828. The summed E-state index contributed by atoms with van der Waals surface area (Å²) in [5.74, 6) is 0.541. The molecule has 3 rings (SSSR count). The Balaban J connectivity index is 1.45. The van der Waals surface area contributed by atoms with Gasteiger partial charge in [0.25, 0.3) is 5.91 Å². The van der Waals surface area contributed by atoms with Gasteiger partial charge in [-0.15, -0.1) is 0 Å². The SMILES string of the molecule is Cc1ccnn1CCCNC(=O)c1ccc(COc2ccc(Br)cc2Cl)cc1. The number of hydrogen-bond donors (Lipinski definition) is 1. The molecule has 0 saturated carbocycles. The monoisotopic (exact) mass is 461 g/mol. The van der Waals surface area contributed by atoms with Crippen molar-refractivity contribution < 1.29 is 9.53 Å². The van der Waals surface area contributed by atoms with Crippen molar-refractivity contribution in [1.29, 1.82) is 0 Å². The van der Waals surface area contributed by atoms with E-state index in [2.05, 4.69) is 26.3 Å². The molecule has 1 aromatic heterocycles. The molecule has 0 spiro atoms. The molecule has 7 heteroatoms. The van der Waals surface area contributed by atoms with E-state index in [0.717, 1.165) is 28.7 Å². The second-order valence-corrected chi connectivity index (χ2v) is 7.69. The molecule has 1 amide bonds. The van der Waals surface area contributed by atoms with Crippen LogP contribution in [-0.4, -0.2) is 22.2 Å². The lowest BCUT2D eigenvalue weighted by molar-refractivity contribution is 0.0952. The average Bonchev–Trinajstić information content (AvgIpc) is 3.09. The number of nitrogens with one attached hydrogen (secondary N) is 1. The molecule has 0 bridgehead atoms. The van der Waals surface area contributed by atoms with E-state index in [9.17, 15) is 4.79 Å². The number of ether oxygens (including phenoxy) is 1. The Morgan fingerprint density at radius 3 is 2.68 bits per heavy atom. The normalized spacial score (nSPS) is 10.7. The first-order chi connectivity index (χ1) is 13.5. The lowest BCUT2D eigenvalue weighted by Crippen LogP contribution is -2.25. The number of benzene rings is 2. The van der Waals surface area contributed by atoms with E-state index in [4.69, 9.17) is 16.3 Å². The minimum absolute atomic E-state index is 0.0828. The van der Waals surface area contributed by atoms with Crippen LogP contribution in [0, 0.1) is 6.92 Å². The highest BCUT2D eigenvalue weighted by Crippen LogP contribution is 2.28. The molecule has 5 nitrogen and oxygen atoms in total. The molecule has 146 valence electrons.